The number of likely N-dealkylation sites (tertiary alicyclic amines) is 1. The predicted molar refractivity (Wildman–Crippen MR) is 99.4 cm³/mol. The predicted octanol–water partition coefficient (Wildman–Crippen LogP) is 1.54. The molecule has 2 aromatic rings. The van der Waals surface area contributed by atoms with Crippen molar-refractivity contribution in [3.8, 4) is 5.75 Å². The van der Waals surface area contributed by atoms with Gasteiger partial charge in [-0.2, -0.15) is 0 Å². The molecular formula is C20H26N2O5. The molecule has 2 heterocycles. The van der Waals surface area contributed by atoms with Gasteiger partial charge in [0, 0.05) is 12.1 Å². The molecule has 1 aliphatic rings. The second-order valence-electron chi connectivity index (χ2n) is 6.78. The molecule has 27 heavy (non-hydrogen) atoms. The molecule has 7 heteroatoms. The summed E-state index contributed by atoms with van der Waals surface area (Å²) in [6.45, 7) is 1.78. The first-order chi connectivity index (χ1) is 13.1. The van der Waals surface area contributed by atoms with Gasteiger partial charge in [0.2, 0.25) is 0 Å². The number of amides is 1. The number of aliphatic hydroxyl groups excluding tert-OH is 2. The number of hydrogen-bond donors (Lipinski definition) is 3. The number of ether oxygens (including phenoxy) is 1. The Bertz CT molecular complexity index is 743. The van der Waals surface area contributed by atoms with Crippen LogP contribution < -0.4 is 10.1 Å². The van der Waals surface area contributed by atoms with Crippen LogP contribution >= 0.6 is 0 Å². The Balaban J connectivity index is 1.63. The standard InChI is InChI=1S/C20H26N2O5/c1-26-15-6-4-14(5-7-15)20(25)21-18-12-22(10-2-3-19(18)24)11-16-8-9-17(13-23)27-16/h4-9,18-19,23-24H,2-3,10-13H2,1H3,(H,21,25)/t18-,19-/m1/s1. The number of methoxy groups -OCH3 is 1. The van der Waals surface area contributed by atoms with Gasteiger partial charge < -0.3 is 24.7 Å². The molecule has 1 saturated heterocycles. The van der Waals surface area contributed by atoms with Gasteiger partial charge in [-0.3, -0.25) is 9.69 Å². The van der Waals surface area contributed by atoms with Gasteiger partial charge in [-0.25, -0.2) is 0 Å². The van der Waals surface area contributed by atoms with E-state index < -0.39 is 6.10 Å². The fourth-order valence-electron chi connectivity index (χ4n) is 3.31. The summed E-state index contributed by atoms with van der Waals surface area (Å²) in [6, 6.07) is 10.1. The molecule has 0 unspecified atom stereocenters. The minimum Gasteiger partial charge on any atom is -0.497 e. The van der Waals surface area contributed by atoms with E-state index in [-0.39, 0.29) is 18.6 Å². The van der Waals surface area contributed by atoms with Crippen molar-refractivity contribution < 1.29 is 24.2 Å². The highest BCUT2D eigenvalue weighted by atomic mass is 16.5. The van der Waals surface area contributed by atoms with Crippen molar-refractivity contribution in [2.24, 2.45) is 0 Å². The summed E-state index contributed by atoms with van der Waals surface area (Å²) in [6.07, 6.45) is 0.870. The van der Waals surface area contributed by atoms with Crippen LogP contribution in [-0.4, -0.2) is 53.4 Å². The molecule has 0 spiro atoms. The Morgan fingerprint density at radius 1 is 1.26 bits per heavy atom. The number of hydrogen-bond acceptors (Lipinski definition) is 6. The first kappa shape index (κ1) is 19.4. The fraction of sp³-hybridized carbons (Fsp3) is 0.450. The number of carbonyl (C=O) groups is 1. The average molecular weight is 374 g/mol. The summed E-state index contributed by atoms with van der Waals surface area (Å²) in [7, 11) is 1.58. The lowest BCUT2D eigenvalue weighted by atomic mass is 10.1. The summed E-state index contributed by atoms with van der Waals surface area (Å²) >= 11 is 0. The van der Waals surface area contributed by atoms with Crippen LogP contribution in [0.4, 0.5) is 0 Å². The number of furan rings is 1. The molecule has 1 aromatic carbocycles. The zero-order valence-electron chi connectivity index (χ0n) is 15.4. The summed E-state index contributed by atoms with van der Waals surface area (Å²) in [4.78, 5) is 14.7. The van der Waals surface area contributed by atoms with E-state index >= 15 is 0 Å². The molecular weight excluding hydrogens is 348 g/mol. The third-order valence-electron chi connectivity index (χ3n) is 4.81. The lowest BCUT2D eigenvalue weighted by Crippen LogP contribution is -2.48. The molecule has 3 rings (SSSR count). The number of benzene rings is 1. The van der Waals surface area contributed by atoms with Gasteiger partial charge in [-0.05, 0) is 55.8 Å². The Morgan fingerprint density at radius 2 is 2.00 bits per heavy atom. The number of nitrogens with zero attached hydrogens (tertiary/aromatic N) is 1. The zero-order chi connectivity index (χ0) is 19.2. The van der Waals surface area contributed by atoms with Crippen LogP contribution in [0.3, 0.4) is 0 Å². The largest absolute Gasteiger partial charge is 0.497 e. The molecule has 146 valence electrons. The van der Waals surface area contributed by atoms with Crippen LogP contribution in [0.5, 0.6) is 5.75 Å². The fourth-order valence-corrected chi connectivity index (χ4v) is 3.31. The molecule has 2 atom stereocenters. The molecule has 3 N–H and O–H groups in total. The normalized spacial score (nSPS) is 20.9. The molecule has 1 aromatic heterocycles. The monoisotopic (exact) mass is 374 g/mol. The van der Waals surface area contributed by atoms with E-state index in [0.29, 0.717) is 36.6 Å². The number of carbonyl (C=O) groups excluding carboxylic acids is 1. The van der Waals surface area contributed by atoms with E-state index in [1.54, 1.807) is 37.4 Å². The highest BCUT2D eigenvalue weighted by molar-refractivity contribution is 5.94. The maximum Gasteiger partial charge on any atom is 0.251 e. The number of rotatable bonds is 6. The molecule has 0 radical (unpaired) electrons. The van der Waals surface area contributed by atoms with Crippen LogP contribution in [0.2, 0.25) is 0 Å². The van der Waals surface area contributed by atoms with Crippen molar-refractivity contribution in [1.29, 1.82) is 0 Å². The maximum atomic E-state index is 12.5. The van der Waals surface area contributed by atoms with E-state index in [1.165, 1.54) is 0 Å². The van der Waals surface area contributed by atoms with Crippen molar-refractivity contribution in [1.82, 2.24) is 10.2 Å². The van der Waals surface area contributed by atoms with Gasteiger partial charge in [0.25, 0.3) is 5.91 Å². The second-order valence-corrected chi connectivity index (χ2v) is 6.78. The van der Waals surface area contributed by atoms with Crippen molar-refractivity contribution in [2.45, 2.75) is 38.1 Å². The van der Waals surface area contributed by atoms with E-state index in [9.17, 15) is 9.90 Å². The summed E-state index contributed by atoms with van der Waals surface area (Å²) in [5.74, 6) is 1.76. The topological polar surface area (TPSA) is 95.2 Å². The summed E-state index contributed by atoms with van der Waals surface area (Å²) in [5.41, 5.74) is 0.525. The van der Waals surface area contributed by atoms with Gasteiger partial charge >= 0.3 is 0 Å². The smallest absolute Gasteiger partial charge is 0.251 e. The Morgan fingerprint density at radius 3 is 2.67 bits per heavy atom. The molecule has 1 aliphatic heterocycles. The second kappa shape index (κ2) is 9.03. The van der Waals surface area contributed by atoms with Crippen LogP contribution in [0, 0.1) is 0 Å². The Hall–Kier alpha value is -2.35. The SMILES string of the molecule is COc1ccc(C(=O)N[C@@H]2CN(Cc3ccc(CO)o3)CCC[C@H]2O)cc1. The quantitative estimate of drug-likeness (QED) is 0.710. The van der Waals surface area contributed by atoms with Gasteiger partial charge in [0.1, 0.15) is 23.9 Å². The lowest BCUT2D eigenvalue weighted by molar-refractivity contribution is 0.0794. The van der Waals surface area contributed by atoms with Gasteiger partial charge in [0.15, 0.2) is 0 Å². The van der Waals surface area contributed by atoms with Crippen LogP contribution in [0.25, 0.3) is 0 Å². The first-order valence-electron chi connectivity index (χ1n) is 9.13. The van der Waals surface area contributed by atoms with Gasteiger partial charge in [-0.15, -0.1) is 0 Å². The molecule has 0 bridgehead atoms. The van der Waals surface area contributed by atoms with Crippen molar-refractivity contribution >= 4 is 5.91 Å². The number of nitrogens with one attached hydrogen (secondary N) is 1. The third-order valence-corrected chi connectivity index (χ3v) is 4.81. The molecule has 1 amide bonds. The number of aliphatic hydroxyl groups is 2. The van der Waals surface area contributed by atoms with Crippen molar-refractivity contribution in [2.75, 3.05) is 20.2 Å². The molecule has 7 nitrogen and oxygen atoms in total. The summed E-state index contributed by atoms with van der Waals surface area (Å²) < 4.78 is 10.7. The van der Waals surface area contributed by atoms with Gasteiger partial charge in [0.05, 0.1) is 25.8 Å². The highest BCUT2D eigenvalue weighted by Gasteiger charge is 2.27. The first-order valence-corrected chi connectivity index (χ1v) is 9.13. The van der Waals surface area contributed by atoms with E-state index in [1.807, 2.05) is 6.07 Å². The molecule has 0 aliphatic carbocycles. The summed E-state index contributed by atoms with van der Waals surface area (Å²) in [5, 5.41) is 22.5. The van der Waals surface area contributed by atoms with Crippen molar-refractivity contribution in [3.05, 3.63) is 53.5 Å². The Kier molecular flexibility index (Phi) is 6.49. The third kappa shape index (κ3) is 5.09. The minimum atomic E-state index is -0.596. The van der Waals surface area contributed by atoms with Crippen LogP contribution in [-0.2, 0) is 13.2 Å². The average Bonchev–Trinajstić information content (AvgIpc) is 3.07. The van der Waals surface area contributed by atoms with Crippen LogP contribution in [0.15, 0.2) is 40.8 Å². The highest BCUT2D eigenvalue weighted by Crippen LogP contribution is 2.17. The van der Waals surface area contributed by atoms with E-state index in [0.717, 1.165) is 18.7 Å². The molecule has 1 fully saturated rings. The Labute approximate surface area is 158 Å². The van der Waals surface area contributed by atoms with Gasteiger partial charge in [-0.1, -0.05) is 0 Å². The van der Waals surface area contributed by atoms with Crippen LogP contribution in [0.1, 0.15) is 34.7 Å². The molecule has 0 saturated carbocycles. The minimum absolute atomic E-state index is 0.126. The van der Waals surface area contributed by atoms with Crippen molar-refractivity contribution in [3.63, 3.8) is 0 Å². The van der Waals surface area contributed by atoms with E-state index in [4.69, 9.17) is 14.3 Å². The maximum absolute atomic E-state index is 12.5. The zero-order valence-corrected chi connectivity index (χ0v) is 15.4. The van der Waals surface area contributed by atoms with E-state index in [2.05, 4.69) is 10.2 Å². The lowest BCUT2D eigenvalue weighted by Gasteiger charge is -2.26.